The number of anilines is 1. The van der Waals surface area contributed by atoms with Crippen LogP contribution in [0.4, 0.5) is 5.69 Å². The summed E-state index contributed by atoms with van der Waals surface area (Å²) in [7, 11) is -2.39. The lowest BCUT2D eigenvalue weighted by molar-refractivity contribution is -0.119. The van der Waals surface area contributed by atoms with Crippen LogP contribution in [0.3, 0.4) is 0 Å². The molecular weight excluding hydrogens is 458 g/mol. The number of ether oxygens (including phenoxy) is 2. The number of benzene rings is 2. The predicted octanol–water partition coefficient (Wildman–Crippen LogP) is 3.21. The molecule has 1 saturated heterocycles. The van der Waals surface area contributed by atoms with Crippen LogP contribution in [-0.2, 0) is 19.6 Å². The molecule has 0 bridgehead atoms. The third-order valence-electron chi connectivity index (χ3n) is 5.52. The second kappa shape index (κ2) is 10.2. The molecule has 0 spiro atoms. The summed E-state index contributed by atoms with van der Waals surface area (Å²) >= 11 is 0. The summed E-state index contributed by atoms with van der Waals surface area (Å²) in [5.41, 5.74) is 0.981. The number of pyridine rings is 1. The average molecular weight is 484 g/mol. The zero-order chi connectivity index (χ0) is 24.1. The SMILES string of the molecule is COc1ccc(NC(=O)COC(=O)c2ccc3ccccc3n2)cc1S(=O)(=O)N1CCCCC1. The van der Waals surface area contributed by atoms with E-state index >= 15 is 0 Å². The lowest BCUT2D eigenvalue weighted by Gasteiger charge is -2.26. The van der Waals surface area contributed by atoms with Crippen LogP contribution in [0, 0.1) is 0 Å². The number of carbonyl (C=O) groups is 2. The van der Waals surface area contributed by atoms with Crippen LogP contribution < -0.4 is 10.1 Å². The molecule has 1 N–H and O–H groups in total. The van der Waals surface area contributed by atoms with Crippen LogP contribution in [0.5, 0.6) is 5.75 Å². The third-order valence-corrected chi connectivity index (χ3v) is 7.44. The second-order valence-corrected chi connectivity index (χ2v) is 9.75. The number of fused-ring (bicyclic) bond motifs is 1. The van der Waals surface area contributed by atoms with Crippen molar-refractivity contribution in [3.05, 3.63) is 60.3 Å². The van der Waals surface area contributed by atoms with Crippen molar-refractivity contribution >= 4 is 38.5 Å². The smallest absolute Gasteiger partial charge is 0.357 e. The minimum atomic E-state index is -3.78. The highest BCUT2D eigenvalue weighted by Gasteiger charge is 2.29. The van der Waals surface area contributed by atoms with Crippen molar-refractivity contribution in [2.24, 2.45) is 0 Å². The number of rotatable bonds is 7. The van der Waals surface area contributed by atoms with Crippen molar-refractivity contribution in [2.45, 2.75) is 24.2 Å². The summed E-state index contributed by atoms with van der Waals surface area (Å²) in [6.45, 7) is 0.343. The summed E-state index contributed by atoms with van der Waals surface area (Å²) < 4.78 is 38.0. The molecule has 1 amide bonds. The Kier molecular flexibility index (Phi) is 7.09. The highest BCUT2D eigenvalue weighted by atomic mass is 32.2. The van der Waals surface area contributed by atoms with Gasteiger partial charge in [0.1, 0.15) is 16.3 Å². The number of nitrogens with zero attached hydrogens (tertiary/aromatic N) is 2. The van der Waals surface area contributed by atoms with Gasteiger partial charge in [0.15, 0.2) is 6.61 Å². The minimum Gasteiger partial charge on any atom is -0.495 e. The van der Waals surface area contributed by atoms with Gasteiger partial charge in [-0.1, -0.05) is 30.7 Å². The topological polar surface area (TPSA) is 115 Å². The standard InChI is InChI=1S/C24H25N3O6S/c1-32-21-12-10-18(15-22(21)34(30,31)27-13-5-2-6-14-27)25-23(28)16-33-24(29)20-11-9-17-7-3-4-8-19(17)26-20/h3-4,7-12,15H,2,5-6,13-14,16H2,1H3,(H,25,28). The van der Waals surface area contributed by atoms with Crippen LogP contribution in [0.1, 0.15) is 29.8 Å². The first-order valence-corrected chi connectivity index (χ1v) is 12.3. The van der Waals surface area contributed by atoms with Crippen molar-refractivity contribution in [2.75, 3.05) is 32.1 Å². The molecule has 178 valence electrons. The number of esters is 1. The molecule has 34 heavy (non-hydrogen) atoms. The van der Waals surface area contributed by atoms with Crippen molar-refractivity contribution in [1.82, 2.24) is 9.29 Å². The van der Waals surface area contributed by atoms with Crippen LogP contribution in [0.15, 0.2) is 59.5 Å². The molecule has 1 fully saturated rings. The van der Waals surface area contributed by atoms with Crippen molar-refractivity contribution in [3.8, 4) is 5.75 Å². The Morgan fingerprint density at radius 3 is 2.56 bits per heavy atom. The van der Waals surface area contributed by atoms with E-state index in [-0.39, 0.29) is 22.0 Å². The van der Waals surface area contributed by atoms with Crippen LogP contribution >= 0.6 is 0 Å². The molecule has 3 aromatic rings. The molecule has 9 nitrogen and oxygen atoms in total. The molecule has 1 aliphatic heterocycles. The van der Waals surface area contributed by atoms with Crippen molar-refractivity contribution < 1.29 is 27.5 Å². The highest BCUT2D eigenvalue weighted by molar-refractivity contribution is 7.89. The van der Waals surface area contributed by atoms with Gasteiger partial charge in [-0.2, -0.15) is 4.31 Å². The number of sulfonamides is 1. The fraction of sp³-hybridized carbons (Fsp3) is 0.292. The Labute approximate surface area is 197 Å². The molecule has 0 atom stereocenters. The van der Waals surface area contributed by atoms with E-state index in [4.69, 9.17) is 9.47 Å². The van der Waals surface area contributed by atoms with Gasteiger partial charge in [0.05, 0.1) is 12.6 Å². The first kappa shape index (κ1) is 23.7. The molecule has 1 aromatic heterocycles. The fourth-order valence-electron chi connectivity index (χ4n) is 3.78. The maximum absolute atomic E-state index is 13.1. The Bertz CT molecular complexity index is 1320. The molecule has 0 aliphatic carbocycles. The molecule has 2 heterocycles. The Hall–Kier alpha value is -3.50. The zero-order valence-corrected chi connectivity index (χ0v) is 19.5. The first-order valence-electron chi connectivity index (χ1n) is 10.9. The average Bonchev–Trinajstić information content (AvgIpc) is 2.87. The van der Waals surface area contributed by atoms with Gasteiger partial charge in [-0.25, -0.2) is 18.2 Å². The lowest BCUT2D eigenvalue weighted by Crippen LogP contribution is -2.35. The van der Waals surface area contributed by atoms with Crippen LogP contribution in [-0.4, -0.2) is 56.4 Å². The van der Waals surface area contributed by atoms with Gasteiger partial charge in [0.25, 0.3) is 5.91 Å². The normalized spacial score (nSPS) is 14.5. The van der Waals surface area contributed by atoms with E-state index in [2.05, 4.69) is 10.3 Å². The summed E-state index contributed by atoms with van der Waals surface area (Å²) in [5.74, 6) is -1.15. The predicted molar refractivity (Wildman–Crippen MR) is 126 cm³/mol. The fourth-order valence-corrected chi connectivity index (χ4v) is 5.48. The number of nitrogens with one attached hydrogen (secondary N) is 1. The van der Waals surface area contributed by atoms with Gasteiger partial charge in [0, 0.05) is 24.2 Å². The summed E-state index contributed by atoms with van der Waals surface area (Å²) in [6.07, 6.45) is 2.59. The second-order valence-electron chi connectivity index (χ2n) is 7.84. The van der Waals surface area contributed by atoms with Gasteiger partial charge in [0.2, 0.25) is 10.0 Å². The monoisotopic (exact) mass is 483 g/mol. The number of methoxy groups -OCH3 is 1. The maximum atomic E-state index is 13.1. The Balaban J connectivity index is 1.43. The van der Waals surface area contributed by atoms with Gasteiger partial charge in [-0.3, -0.25) is 4.79 Å². The number of amides is 1. The van der Waals surface area contributed by atoms with E-state index in [1.165, 1.54) is 35.7 Å². The number of carbonyl (C=O) groups excluding carboxylic acids is 2. The Morgan fingerprint density at radius 2 is 1.79 bits per heavy atom. The highest BCUT2D eigenvalue weighted by Crippen LogP contribution is 2.31. The van der Waals surface area contributed by atoms with E-state index < -0.39 is 28.5 Å². The zero-order valence-electron chi connectivity index (χ0n) is 18.7. The molecular formula is C24H25N3O6S. The van der Waals surface area contributed by atoms with Crippen LogP contribution in [0.2, 0.25) is 0 Å². The van der Waals surface area contributed by atoms with E-state index in [0.717, 1.165) is 24.6 Å². The quantitative estimate of drug-likeness (QED) is 0.513. The third kappa shape index (κ3) is 5.18. The molecule has 0 radical (unpaired) electrons. The largest absolute Gasteiger partial charge is 0.495 e. The van der Waals surface area contributed by atoms with Crippen molar-refractivity contribution in [3.63, 3.8) is 0 Å². The number of hydrogen-bond acceptors (Lipinski definition) is 7. The summed E-state index contributed by atoms with van der Waals surface area (Å²) in [5, 5.41) is 3.45. The van der Waals surface area contributed by atoms with Crippen LogP contribution in [0.25, 0.3) is 10.9 Å². The molecule has 0 saturated carbocycles. The molecule has 2 aromatic carbocycles. The summed E-state index contributed by atoms with van der Waals surface area (Å²) in [6, 6.07) is 15.0. The summed E-state index contributed by atoms with van der Waals surface area (Å²) in [4.78, 5) is 28.9. The number of hydrogen-bond donors (Lipinski definition) is 1. The molecule has 1 aliphatic rings. The van der Waals surface area contributed by atoms with Crippen molar-refractivity contribution in [1.29, 1.82) is 0 Å². The van der Waals surface area contributed by atoms with Gasteiger partial charge < -0.3 is 14.8 Å². The van der Waals surface area contributed by atoms with Gasteiger partial charge in [-0.15, -0.1) is 0 Å². The molecule has 4 rings (SSSR count). The van der Waals surface area contributed by atoms with Gasteiger partial charge in [-0.05, 0) is 43.2 Å². The number of aromatic nitrogens is 1. The molecule has 0 unspecified atom stereocenters. The van der Waals surface area contributed by atoms with E-state index in [0.29, 0.717) is 18.6 Å². The van der Waals surface area contributed by atoms with E-state index in [9.17, 15) is 18.0 Å². The number of piperidine rings is 1. The van der Waals surface area contributed by atoms with Gasteiger partial charge >= 0.3 is 5.97 Å². The first-order chi connectivity index (χ1) is 16.4. The molecule has 10 heteroatoms. The maximum Gasteiger partial charge on any atom is 0.357 e. The Morgan fingerprint density at radius 1 is 1.03 bits per heavy atom. The van der Waals surface area contributed by atoms with E-state index in [1.54, 1.807) is 12.1 Å². The van der Waals surface area contributed by atoms with E-state index in [1.807, 2.05) is 18.2 Å². The minimum absolute atomic E-state index is 0.0212. The number of para-hydroxylation sites is 1. The lowest BCUT2D eigenvalue weighted by atomic mass is 10.2.